The molecule has 2 heterocycles. The molecule has 2 N–H and O–H groups in total. The van der Waals surface area contributed by atoms with Crippen molar-refractivity contribution in [3.05, 3.63) is 28.4 Å². The monoisotopic (exact) mass is 335 g/mol. The van der Waals surface area contributed by atoms with Crippen LogP contribution in [-0.4, -0.2) is 57.9 Å². The minimum absolute atomic E-state index is 0.0852. The Kier molecular flexibility index (Phi) is 5.54. The summed E-state index contributed by atoms with van der Waals surface area (Å²) in [5.74, 6) is -2.74. The molecule has 0 saturated carbocycles. The summed E-state index contributed by atoms with van der Waals surface area (Å²) in [6, 6.07) is 1.44. The van der Waals surface area contributed by atoms with E-state index < -0.39 is 30.0 Å². The van der Waals surface area contributed by atoms with Crippen LogP contribution in [0.1, 0.15) is 11.9 Å². The zero-order valence-corrected chi connectivity index (χ0v) is 13.1. The maximum absolute atomic E-state index is 14.2. The van der Waals surface area contributed by atoms with Crippen LogP contribution in [0.25, 0.3) is 0 Å². The standard InChI is InChI=1S/C13H19F2N3O3S/c1-8-3-5-18(12(20)17-8)11-13(14,15)10(19)9(21-11)7-16-4-6-22-2/h3,5,9-11,16,19H,4,6-7H2,1-2H3/t9-,10-,11-/m1/s1. The summed E-state index contributed by atoms with van der Waals surface area (Å²) >= 11 is 1.62. The highest BCUT2D eigenvalue weighted by molar-refractivity contribution is 7.98. The predicted octanol–water partition coefficient (Wildman–Crippen LogP) is 0.398. The summed E-state index contributed by atoms with van der Waals surface area (Å²) < 4.78 is 34.3. The highest BCUT2D eigenvalue weighted by Crippen LogP contribution is 2.41. The molecule has 0 radical (unpaired) electrons. The lowest BCUT2D eigenvalue weighted by Gasteiger charge is -2.20. The average molecular weight is 335 g/mol. The molecule has 0 aromatic carbocycles. The lowest BCUT2D eigenvalue weighted by Crippen LogP contribution is -2.43. The molecule has 0 spiro atoms. The van der Waals surface area contributed by atoms with E-state index in [-0.39, 0.29) is 6.54 Å². The first-order valence-corrected chi connectivity index (χ1v) is 8.24. The lowest BCUT2D eigenvalue weighted by molar-refractivity contribution is -0.140. The largest absolute Gasteiger partial charge is 0.384 e. The van der Waals surface area contributed by atoms with Crippen molar-refractivity contribution >= 4 is 11.8 Å². The van der Waals surface area contributed by atoms with Crippen molar-refractivity contribution in [3.8, 4) is 0 Å². The molecule has 0 amide bonds. The SMILES string of the molecule is CSCCNC[C@H]1O[C@@H](n2ccc(C)nc2=O)C(F)(F)[C@@H]1O. The minimum atomic E-state index is -3.56. The van der Waals surface area contributed by atoms with Crippen molar-refractivity contribution in [1.82, 2.24) is 14.9 Å². The van der Waals surface area contributed by atoms with Gasteiger partial charge in [0.1, 0.15) is 12.2 Å². The van der Waals surface area contributed by atoms with E-state index in [4.69, 9.17) is 4.74 Å². The molecule has 2 rings (SSSR count). The van der Waals surface area contributed by atoms with Gasteiger partial charge in [0.15, 0.2) is 0 Å². The number of nitrogens with zero attached hydrogens (tertiary/aromatic N) is 2. The maximum atomic E-state index is 14.2. The van der Waals surface area contributed by atoms with Crippen LogP contribution in [-0.2, 0) is 4.74 Å². The second-order valence-corrected chi connectivity index (χ2v) is 6.09. The maximum Gasteiger partial charge on any atom is 0.350 e. The van der Waals surface area contributed by atoms with Crippen LogP contribution in [0.3, 0.4) is 0 Å². The third kappa shape index (κ3) is 3.48. The van der Waals surface area contributed by atoms with Crippen molar-refractivity contribution in [3.63, 3.8) is 0 Å². The molecule has 6 nitrogen and oxygen atoms in total. The van der Waals surface area contributed by atoms with Crippen LogP contribution >= 0.6 is 11.8 Å². The van der Waals surface area contributed by atoms with Gasteiger partial charge in [0.2, 0.25) is 6.23 Å². The fourth-order valence-corrected chi connectivity index (χ4v) is 2.58. The molecule has 0 bridgehead atoms. The number of alkyl halides is 2. The smallest absolute Gasteiger partial charge is 0.350 e. The Bertz CT molecular complexity index is 570. The van der Waals surface area contributed by atoms with Crippen molar-refractivity contribution in [2.24, 2.45) is 0 Å². The van der Waals surface area contributed by atoms with Crippen LogP contribution in [0.5, 0.6) is 0 Å². The summed E-state index contributed by atoms with van der Waals surface area (Å²) in [4.78, 5) is 15.4. The van der Waals surface area contributed by atoms with Crippen LogP contribution < -0.4 is 11.0 Å². The number of rotatable bonds is 6. The fraction of sp³-hybridized carbons (Fsp3) is 0.692. The minimum Gasteiger partial charge on any atom is -0.384 e. The van der Waals surface area contributed by atoms with Crippen LogP contribution in [0.2, 0.25) is 0 Å². The summed E-state index contributed by atoms with van der Waals surface area (Å²) in [6.45, 7) is 2.30. The van der Waals surface area contributed by atoms with Crippen molar-refractivity contribution < 1.29 is 18.6 Å². The second kappa shape index (κ2) is 7.03. The summed E-state index contributed by atoms with van der Waals surface area (Å²) in [6.07, 6.45) is -1.78. The topological polar surface area (TPSA) is 76.4 Å². The number of aryl methyl sites for hydroxylation is 1. The predicted molar refractivity (Wildman–Crippen MR) is 79.3 cm³/mol. The molecule has 22 heavy (non-hydrogen) atoms. The second-order valence-electron chi connectivity index (χ2n) is 5.10. The molecule has 1 fully saturated rings. The third-order valence-electron chi connectivity index (χ3n) is 3.43. The van der Waals surface area contributed by atoms with Crippen molar-refractivity contribution in [2.75, 3.05) is 25.1 Å². The molecule has 1 aromatic rings. The Morgan fingerprint density at radius 2 is 2.32 bits per heavy atom. The van der Waals surface area contributed by atoms with E-state index in [0.29, 0.717) is 12.2 Å². The number of thioether (sulfide) groups is 1. The third-order valence-corrected chi connectivity index (χ3v) is 4.04. The first-order valence-electron chi connectivity index (χ1n) is 6.84. The molecular formula is C13H19F2N3O3S. The highest BCUT2D eigenvalue weighted by Gasteiger charge is 2.59. The van der Waals surface area contributed by atoms with E-state index in [1.807, 2.05) is 6.26 Å². The molecule has 124 valence electrons. The number of aliphatic hydroxyl groups excluding tert-OH is 1. The summed E-state index contributed by atoms with van der Waals surface area (Å²) in [7, 11) is 0. The average Bonchev–Trinajstić information content (AvgIpc) is 2.67. The van der Waals surface area contributed by atoms with E-state index in [0.717, 1.165) is 10.3 Å². The van der Waals surface area contributed by atoms with Gasteiger partial charge in [-0.25, -0.2) is 4.79 Å². The lowest BCUT2D eigenvalue weighted by atomic mass is 10.1. The van der Waals surface area contributed by atoms with Gasteiger partial charge in [-0.15, -0.1) is 0 Å². The van der Waals surface area contributed by atoms with Gasteiger partial charge < -0.3 is 15.2 Å². The van der Waals surface area contributed by atoms with Crippen LogP contribution in [0, 0.1) is 6.92 Å². The van der Waals surface area contributed by atoms with E-state index in [1.54, 1.807) is 18.7 Å². The molecular weight excluding hydrogens is 316 g/mol. The van der Waals surface area contributed by atoms with Crippen LogP contribution in [0.15, 0.2) is 17.1 Å². The summed E-state index contributed by atoms with van der Waals surface area (Å²) in [5.41, 5.74) is -0.397. The molecule has 9 heteroatoms. The first kappa shape index (κ1) is 17.3. The Morgan fingerprint density at radius 3 is 2.95 bits per heavy atom. The molecule has 1 aliphatic heterocycles. The van der Waals surface area contributed by atoms with Crippen molar-refractivity contribution in [1.29, 1.82) is 0 Å². The van der Waals surface area contributed by atoms with E-state index in [2.05, 4.69) is 10.3 Å². The van der Waals surface area contributed by atoms with Gasteiger partial charge in [-0.1, -0.05) is 0 Å². The molecule has 0 aliphatic carbocycles. The number of halogens is 2. The van der Waals surface area contributed by atoms with Gasteiger partial charge in [0.05, 0.1) is 0 Å². The van der Waals surface area contributed by atoms with Gasteiger partial charge >= 0.3 is 11.6 Å². The fourth-order valence-electron chi connectivity index (χ4n) is 2.23. The Morgan fingerprint density at radius 1 is 1.59 bits per heavy atom. The molecule has 0 unspecified atom stereocenters. The molecule has 1 aromatic heterocycles. The number of hydrogen-bond acceptors (Lipinski definition) is 6. The first-order chi connectivity index (χ1) is 10.4. The quantitative estimate of drug-likeness (QED) is 0.733. The Labute approximate surface area is 130 Å². The van der Waals surface area contributed by atoms with Gasteiger partial charge in [-0.2, -0.15) is 25.5 Å². The molecule has 1 saturated heterocycles. The number of nitrogens with one attached hydrogen (secondary N) is 1. The van der Waals surface area contributed by atoms with E-state index >= 15 is 0 Å². The molecule has 1 aliphatic rings. The van der Waals surface area contributed by atoms with E-state index in [9.17, 15) is 18.7 Å². The number of hydrogen-bond donors (Lipinski definition) is 2. The van der Waals surface area contributed by atoms with Gasteiger partial charge in [0.25, 0.3) is 0 Å². The summed E-state index contributed by atoms with van der Waals surface area (Å²) in [5, 5.41) is 12.7. The van der Waals surface area contributed by atoms with Crippen LogP contribution in [0.4, 0.5) is 8.78 Å². The van der Waals surface area contributed by atoms with Gasteiger partial charge in [-0.3, -0.25) is 4.57 Å². The Hall–Kier alpha value is -1.03. The number of ether oxygens (including phenoxy) is 1. The van der Waals surface area contributed by atoms with Crippen molar-refractivity contribution in [2.45, 2.75) is 31.3 Å². The molecule has 3 atom stereocenters. The Balaban J connectivity index is 2.13. The highest BCUT2D eigenvalue weighted by atomic mass is 32.2. The van der Waals surface area contributed by atoms with E-state index in [1.165, 1.54) is 12.3 Å². The zero-order valence-electron chi connectivity index (χ0n) is 12.3. The number of aliphatic hydroxyl groups is 1. The van der Waals surface area contributed by atoms with Gasteiger partial charge in [-0.05, 0) is 19.2 Å². The zero-order chi connectivity index (χ0) is 16.3. The number of aromatic nitrogens is 2. The van der Waals surface area contributed by atoms with Gasteiger partial charge in [0, 0.05) is 30.7 Å². The normalized spacial score (nSPS) is 27.2.